The Morgan fingerprint density at radius 2 is 1.21 bits per heavy atom. The molecule has 0 bridgehead atoms. The van der Waals surface area contributed by atoms with Crippen molar-refractivity contribution in [1.82, 2.24) is 0 Å². The standard InChI is InChI=1S/C16H18O2S/c1-16(13-19(2,17)18,14-9-5-3-6-10-14)15-11-7-4-8-12-15/h3-12H,13H2,1-2H3. The van der Waals surface area contributed by atoms with E-state index in [1.807, 2.05) is 67.6 Å². The number of sulfone groups is 1. The zero-order valence-electron chi connectivity index (χ0n) is 11.2. The van der Waals surface area contributed by atoms with Crippen LogP contribution in [0.25, 0.3) is 0 Å². The highest BCUT2D eigenvalue weighted by Crippen LogP contribution is 2.33. The lowest BCUT2D eigenvalue weighted by Gasteiger charge is -2.30. The summed E-state index contributed by atoms with van der Waals surface area (Å²) in [4.78, 5) is 0. The molecule has 0 aliphatic rings. The van der Waals surface area contributed by atoms with Gasteiger partial charge in [0, 0.05) is 11.7 Å². The van der Waals surface area contributed by atoms with Crippen LogP contribution in [0.4, 0.5) is 0 Å². The van der Waals surface area contributed by atoms with Gasteiger partial charge in [-0.15, -0.1) is 0 Å². The number of hydrogen-bond donors (Lipinski definition) is 0. The highest BCUT2D eigenvalue weighted by Gasteiger charge is 2.32. The van der Waals surface area contributed by atoms with Crippen molar-refractivity contribution in [2.75, 3.05) is 12.0 Å². The Kier molecular flexibility index (Phi) is 3.76. The van der Waals surface area contributed by atoms with Crippen molar-refractivity contribution in [3.8, 4) is 0 Å². The minimum absolute atomic E-state index is 0.105. The molecule has 0 aromatic heterocycles. The topological polar surface area (TPSA) is 34.1 Å². The van der Waals surface area contributed by atoms with E-state index >= 15 is 0 Å². The molecule has 2 aromatic rings. The molecule has 0 unspecified atom stereocenters. The maximum absolute atomic E-state index is 11.8. The minimum atomic E-state index is -3.08. The normalized spacial score (nSPS) is 12.3. The molecule has 0 spiro atoms. The third-order valence-corrected chi connectivity index (χ3v) is 4.47. The molecule has 100 valence electrons. The monoisotopic (exact) mass is 274 g/mol. The second-order valence-corrected chi connectivity index (χ2v) is 7.27. The Hall–Kier alpha value is -1.61. The van der Waals surface area contributed by atoms with Crippen LogP contribution in [0.5, 0.6) is 0 Å². The van der Waals surface area contributed by atoms with Gasteiger partial charge in [-0.3, -0.25) is 0 Å². The maximum Gasteiger partial charge on any atom is 0.148 e. The van der Waals surface area contributed by atoms with Crippen molar-refractivity contribution in [2.45, 2.75) is 12.3 Å². The van der Waals surface area contributed by atoms with Crippen LogP contribution in [0, 0.1) is 0 Å². The van der Waals surface area contributed by atoms with Crippen molar-refractivity contribution in [3.05, 3.63) is 71.8 Å². The molecule has 0 atom stereocenters. The molecule has 3 heteroatoms. The van der Waals surface area contributed by atoms with E-state index in [9.17, 15) is 8.42 Å². The third-order valence-electron chi connectivity index (χ3n) is 3.37. The molecule has 0 radical (unpaired) electrons. The second-order valence-electron chi connectivity index (χ2n) is 5.13. The fourth-order valence-corrected chi connectivity index (χ4v) is 3.85. The van der Waals surface area contributed by atoms with Crippen LogP contribution in [0.3, 0.4) is 0 Å². The lowest BCUT2D eigenvalue weighted by molar-refractivity contribution is 0.572. The molecule has 0 amide bonds. The summed E-state index contributed by atoms with van der Waals surface area (Å²) in [6.45, 7) is 1.98. The largest absolute Gasteiger partial charge is 0.229 e. The quantitative estimate of drug-likeness (QED) is 0.858. The van der Waals surface area contributed by atoms with Gasteiger partial charge in [0.2, 0.25) is 0 Å². The SMILES string of the molecule is CC(CS(C)(=O)=O)(c1ccccc1)c1ccccc1. The molecule has 0 N–H and O–H groups in total. The van der Waals surface area contributed by atoms with Crippen molar-refractivity contribution in [3.63, 3.8) is 0 Å². The van der Waals surface area contributed by atoms with E-state index in [-0.39, 0.29) is 5.75 Å². The van der Waals surface area contributed by atoms with Crippen LogP contribution in [0.2, 0.25) is 0 Å². The molecule has 2 nitrogen and oxygen atoms in total. The van der Waals surface area contributed by atoms with Crippen LogP contribution < -0.4 is 0 Å². The predicted octanol–water partition coefficient (Wildman–Crippen LogP) is 3.04. The first kappa shape index (κ1) is 13.8. The highest BCUT2D eigenvalue weighted by molar-refractivity contribution is 7.90. The molecular weight excluding hydrogens is 256 g/mol. The van der Waals surface area contributed by atoms with Crippen LogP contribution >= 0.6 is 0 Å². The molecule has 2 rings (SSSR count). The van der Waals surface area contributed by atoms with Crippen molar-refractivity contribution in [1.29, 1.82) is 0 Å². The van der Waals surface area contributed by atoms with E-state index in [0.29, 0.717) is 0 Å². The summed E-state index contributed by atoms with van der Waals surface area (Å²) >= 11 is 0. The van der Waals surface area contributed by atoms with Crippen LogP contribution in [0.15, 0.2) is 60.7 Å². The second kappa shape index (κ2) is 5.17. The van der Waals surface area contributed by atoms with E-state index in [1.54, 1.807) is 0 Å². The number of hydrogen-bond acceptors (Lipinski definition) is 2. The van der Waals surface area contributed by atoms with Crippen molar-refractivity contribution >= 4 is 9.84 Å². The maximum atomic E-state index is 11.8. The van der Waals surface area contributed by atoms with E-state index in [2.05, 4.69) is 0 Å². The van der Waals surface area contributed by atoms with Gasteiger partial charge >= 0.3 is 0 Å². The summed E-state index contributed by atoms with van der Waals surface area (Å²) in [6, 6.07) is 19.6. The third kappa shape index (κ3) is 3.24. The Bertz CT molecular complexity index is 591. The lowest BCUT2D eigenvalue weighted by atomic mass is 9.78. The predicted molar refractivity (Wildman–Crippen MR) is 79.0 cm³/mol. The van der Waals surface area contributed by atoms with Crippen molar-refractivity contribution < 1.29 is 8.42 Å². The highest BCUT2D eigenvalue weighted by atomic mass is 32.2. The number of benzene rings is 2. The Labute approximate surface area is 115 Å². The molecule has 0 fully saturated rings. The molecule has 0 aliphatic heterocycles. The molecule has 0 heterocycles. The van der Waals surface area contributed by atoms with E-state index < -0.39 is 15.3 Å². The summed E-state index contributed by atoms with van der Waals surface area (Å²) in [6.07, 6.45) is 1.29. The first-order valence-corrected chi connectivity index (χ1v) is 8.27. The van der Waals surface area contributed by atoms with Gasteiger partial charge in [-0.2, -0.15) is 0 Å². The Balaban J connectivity index is 2.57. The first-order valence-electron chi connectivity index (χ1n) is 6.21. The van der Waals surface area contributed by atoms with Gasteiger partial charge in [0.25, 0.3) is 0 Å². The molecule has 0 saturated heterocycles. The average molecular weight is 274 g/mol. The molecule has 0 saturated carbocycles. The zero-order chi connectivity index (χ0) is 13.9. The fraction of sp³-hybridized carbons (Fsp3) is 0.250. The lowest BCUT2D eigenvalue weighted by Crippen LogP contribution is -2.32. The summed E-state index contributed by atoms with van der Waals surface area (Å²) in [5.74, 6) is 0.105. The van der Waals surface area contributed by atoms with Gasteiger partial charge in [0.05, 0.1) is 5.75 Å². The first-order chi connectivity index (χ1) is 8.92. The molecule has 0 aliphatic carbocycles. The van der Waals surface area contributed by atoms with Gasteiger partial charge < -0.3 is 0 Å². The fourth-order valence-electron chi connectivity index (χ4n) is 2.47. The summed E-state index contributed by atoms with van der Waals surface area (Å²) < 4.78 is 23.6. The van der Waals surface area contributed by atoms with Gasteiger partial charge in [-0.1, -0.05) is 67.6 Å². The van der Waals surface area contributed by atoms with Gasteiger partial charge in [0.1, 0.15) is 9.84 Å². The Morgan fingerprint density at radius 1 is 0.842 bits per heavy atom. The summed E-state index contributed by atoms with van der Waals surface area (Å²) in [5, 5.41) is 0. The van der Waals surface area contributed by atoms with Crippen LogP contribution in [-0.4, -0.2) is 20.4 Å². The number of rotatable bonds is 4. The molecule has 19 heavy (non-hydrogen) atoms. The summed E-state index contributed by atoms with van der Waals surface area (Å²) in [7, 11) is -3.08. The average Bonchev–Trinajstić information content (AvgIpc) is 2.39. The van der Waals surface area contributed by atoms with E-state index in [1.165, 1.54) is 6.26 Å². The van der Waals surface area contributed by atoms with Crippen LogP contribution in [-0.2, 0) is 15.3 Å². The van der Waals surface area contributed by atoms with E-state index in [0.717, 1.165) is 11.1 Å². The van der Waals surface area contributed by atoms with E-state index in [4.69, 9.17) is 0 Å². The smallest absolute Gasteiger partial charge is 0.148 e. The van der Waals surface area contributed by atoms with Gasteiger partial charge in [-0.25, -0.2) is 8.42 Å². The van der Waals surface area contributed by atoms with Crippen LogP contribution in [0.1, 0.15) is 18.1 Å². The Morgan fingerprint density at radius 3 is 1.53 bits per heavy atom. The molecular formula is C16H18O2S. The molecule has 2 aromatic carbocycles. The van der Waals surface area contributed by atoms with Gasteiger partial charge in [-0.05, 0) is 11.1 Å². The van der Waals surface area contributed by atoms with Crippen molar-refractivity contribution in [2.24, 2.45) is 0 Å². The zero-order valence-corrected chi connectivity index (χ0v) is 12.0. The summed E-state index contributed by atoms with van der Waals surface area (Å²) in [5.41, 5.74) is 1.52. The minimum Gasteiger partial charge on any atom is -0.229 e. The van der Waals surface area contributed by atoms with Gasteiger partial charge in [0.15, 0.2) is 0 Å².